The van der Waals surface area contributed by atoms with Crippen LogP contribution >= 0.6 is 0 Å². The van der Waals surface area contributed by atoms with Crippen molar-refractivity contribution in [3.8, 4) is 18.2 Å². The van der Waals surface area contributed by atoms with E-state index in [2.05, 4.69) is 138 Å². The molecule has 0 amide bonds. The largest absolute Gasteiger partial charge is 0.481 e. The number of benzene rings is 8. The number of aromatic amines is 3. The van der Waals surface area contributed by atoms with Crippen LogP contribution in [0.2, 0.25) is 0 Å². The second-order valence-corrected chi connectivity index (χ2v) is 35.7. The van der Waals surface area contributed by atoms with Crippen molar-refractivity contribution in [1.29, 1.82) is 15.8 Å². The number of rotatable bonds is 13. The summed E-state index contributed by atoms with van der Waals surface area (Å²) < 4.78 is 56.2. The summed E-state index contributed by atoms with van der Waals surface area (Å²) in [4.78, 5) is 52.5. The maximum atomic E-state index is 11.1. The zero-order valence-electron chi connectivity index (χ0n) is 78.3. The molecule has 10 N–H and O–H groups in total. The Bertz CT molecular complexity index is 5500. The number of nitrogens with one attached hydrogen (secondary N) is 5. The van der Waals surface area contributed by atoms with E-state index >= 15 is 0 Å². The molecule has 27 nitrogen and oxygen atoms in total. The van der Waals surface area contributed by atoms with Gasteiger partial charge in [-0.3, -0.25) is 14.4 Å². The molecule has 2 unspecified atom stereocenters. The molecule has 714 valence electrons. The summed E-state index contributed by atoms with van der Waals surface area (Å²) in [6.07, 6.45) is 31.0. The molecule has 0 bridgehead atoms. The van der Waals surface area contributed by atoms with E-state index < -0.39 is 12.0 Å². The Morgan fingerprint density at radius 2 is 0.741 bits per heavy atom. The van der Waals surface area contributed by atoms with E-state index in [1.165, 1.54) is 59.1 Å². The number of nitriles is 3. The van der Waals surface area contributed by atoms with Crippen LogP contribution < -0.4 is 22.1 Å². The Labute approximate surface area is 792 Å². The number of nitrogens with zero attached hydrogens (tertiary/aromatic N) is 6. The summed E-state index contributed by atoms with van der Waals surface area (Å²) in [5.41, 5.74) is 31.1. The van der Waals surface area contributed by atoms with Crippen LogP contribution in [0.3, 0.4) is 0 Å². The molecule has 3 aromatic heterocycles. The zero-order valence-corrected chi connectivity index (χ0v) is 78.3. The standard InChI is InChI=1S/C23H28N4O2.C23H24N4O2.C15H17NO2.C15H18O3.C13H13NO.C7H7N3.2C4H8O.C2H4O2.C2H6/c2*24-14-22(27-19-5-6-20-21(13-19)26-15-25-20)18-3-1-16(2-4-18)17-7-9-23(10-8-17)28-11-12-29-23;2*16-11-12-1-3-13(4-2-12)14-5-7-15(8-6-14)17-9-10-18-15;14-9-10-1-3-11(4-2-10)12-5-7-13(15)8-6-12;8-5-1-2-6-7(3-5)10-4-9-6;2*1-2-4-5-3-1;1-2(3)4;1-2/h1-6,13,15,17,22,27H,7-12,14,24H2,(H,25,26);1-6,13,15,17,22,27H,7-12H2,(H,25,26);1-4,14H,5-10H2;1-4,11,14H,5-10H2;1-4,12H,5-8H2;1-4H,8H2,(H,9,10);2*1-4H2;1H3,(H,3,4);1-2H3. The van der Waals surface area contributed by atoms with Crippen molar-refractivity contribution >= 4 is 68.2 Å². The average Bonchev–Trinajstić information content (AvgIpc) is 1.78. The number of nitrogen functional groups attached to an aromatic ring is 1. The number of anilines is 3. The number of fused-ring (bicyclic) bond motifs is 3. The van der Waals surface area contributed by atoms with Crippen LogP contribution in [0.5, 0.6) is 0 Å². The Balaban J connectivity index is 0.000000136. The van der Waals surface area contributed by atoms with Crippen molar-refractivity contribution in [2.45, 2.75) is 240 Å². The SMILES string of the molecule is C1CCOC1.C1CCOC1.CC.CC(=O)O.N#CC(Nc1ccc2nc[nH]c2c1)c1ccc(C2CCC3(CC2)OCCO3)cc1.N#Cc1ccc(C2CCC(=O)CC2)cc1.N#Cc1ccc(C2CCC3(CC2)OCCO3)cc1.NCC(Nc1ccc2nc[nH]c2c1)c1ccc(C2CCC3(CC2)OCCO3)cc1.Nc1ccc2nc[nH]c2c1.O=Cc1ccc(C2CCC3(CC2)OCCO3)cc1. The number of aliphatic carboxylic acids is 1. The van der Waals surface area contributed by atoms with Gasteiger partial charge in [0.15, 0.2) is 23.1 Å². The number of hydrogen-bond donors (Lipinski definition) is 8. The van der Waals surface area contributed by atoms with Crippen LogP contribution in [0.1, 0.15) is 277 Å². The maximum absolute atomic E-state index is 11.1. The minimum atomic E-state index is -0.833. The third kappa shape index (κ3) is 29.5. The van der Waals surface area contributed by atoms with Gasteiger partial charge in [-0.2, -0.15) is 15.8 Å². The summed E-state index contributed by atoms with van der Waals surface area (Å²) in [6.45, 7) is 15.5. The maximum Gasteiger partial charge on any atom is 0.300 e. The minimum absolute atomic E-state index is 0.0688. The number of ether oxygens (including phenoxy) is 10. The van der Waals surface area contributed by atoms with Crippen LogP contribution in [-0.4, -0.2) is 162 Å². The van der Waals surface area contributed by atoms with Gasteiger partial charge in [-0.1, -0.05) is 111 Å². The second-order valence-electron chi connectivity index (χ2n) is 35.7. The van der Waals surface area contributed by atoms with Crippen molar-refractivity contribution in [3.63, 3.8) is 0 Å². The van der Waals surface area contributed by atoms with Gasteiger partial charge >= 0.3 is 0 Å². The first-order chi connectivity index (χ1) is 66.0. The van der Waals surface area contributed by atoms with Gasteiger partial charge in [-0.15, -0.1) is 0 Å². The molecule has 135 heavy (non-hydrogen) atoms. The highest BCUT2D eigenvalue weighted by Crippen LogP contribution is 2.47. The van der Waals surface area contributed by atoms with Crippen molar-refractivity contribution in [1.82, 2.24) is 29.9 Å². The third-order valence-corrected chi connectivity index (χ3v) is 26.9. The van der Waals surface area contributed by atoms with E-state index in [0.29, 0.717) is 60.3 Å². The third-order valence-electron chi connectivity index (χ3n) is 26.9. The number of carboxylic acids is 1. The molecule has 9 heterocycles. The van der Waals surface area contributed by atoms with Gasteiger partial charge in [-0.25, -0.2) is 15.0 Å². The first kappa shape index (κ1) is 101. The van der Waals surface area contributed by atoms with Gasteiger partial charge in [0, 0.05) is 127 Å². The fourth-order valence-electron chi connectivity index (χ4n) is 19.3. The number of aldehydes is 1. The Morgan fingerprint density at radius 3 is 1.05 bits per heavy atom. The molecule has 6 saturated heterocycles. The summed E-state index contributed by atoms with van der Waals surface area (Å²) in [5, 5.41) is 41.5. The van der Waals surface area contributed by atoms with Crippen LogP contribution in [0, 0.1) is 34.0 Å². The van der Waals surface area contributed by atoms with Crippen molar-refractivity contribution < 1.29 is 66.9 Å². The number of carbonyl (C=O) groups excluding carboxylic acids is 2. The fraction of sp³-hybridized carbons (Fsp3) is 0.472. The molecule has 0 radical (unpaired) electrons. The lowest BCUT2D eigenvalue weighted by Gasteiger charge is -2.35. The van der Waals surface area contributed by atoms with E-state index in [-0.39, 0.29) is 29.2 Å². The van der Waals surface area contributed by atoms with Gasteiger partial charge in [-0.05, 0) is 237 Å². The van der Waals surface area contributed by atoms with Crippen molar-refractivity contribution in [2.75, 3.05) is 102 Å². The highest BCUT2D eigenvalue weighted by molar-refractivity contribution is 5.81. The number of ketones is 1. The first-order valence-electron chi connectivity index (χ1n) is 48.4. The van der Waals surface area contributed by atoms with Gasteiger partial charge < -0.3 is 89.5 Å². The summed E-state index contributed by atoms with van der Waals surface area (Å²) >= 11 is 0. The lowest BCUT2D eigenvalue weighted by Crippen LogP contribution is -2.34. The molecule has 8 aromatic carbocycles. The molecule has 11 fully saturated rings. The molecule has 2 atom stereocenters. The van der Waals surface area contributed by atoms with Crippen LogP contribution in [0.4, 0.5) is 17.1 Å². The second kappa shape index (κ2) is 51.4. The summed E-state index contributed by atoms with van der Waals surface area (Å²) in [7, 11) is 0. The highest BCUT2D eigenvalue weighted by Gasteiger charge is 2.44. The molecule has 22 rings (SSSR count). The van der Waals surface area contributed by atoms with Crippen molar-refractivity contribution in [3.05, 3.63) is 251 Å². The fourth-order valence-corrected chi connectivity index (χ4v) is 19.3. The number of aromatic nitrogens is 6. The zero-order chi connectivity index (χ0) is 94.5. The van der Waals surface area contributed by atoms with Gasteiger partial charge in [0.2, 0.25) is 0 Å². The molecule has 11 aliphatic rings. The molecule has 6 aliphatic heterocycles. The van der Waals surface area contributed by atoms with E-state index in [0.717, 1.165) is 275 Å². The van der Waals surface area contributed by atoms with Gasteiger partial charge in [0.05, 0.1) is 140 Å². The van der Waals surface area contributed by atoms with Crippen molar-refractivity contribution in [2.24, 2.45) is 5.73 Å². The number of nitrogens with two attached hydrogens (primary N) is 2. The van der Waals surface area contributed by atoms with Crippen LogP contribution in [0.15, 0.2) is 195 Å². The number of imidazole rings is 3. The Kier molecular flexibility index (Phi) is 38.4. The lowest BCUT2D eigenvalue weighted by atomic mass is 9.80. The Morgan fingerprint density at radius 1 is 0.437 bits per heavy atom. The first-order valence-corrected chi connectivity index (χ1v) is 48.4. The molecule has 27 heteroatoms. The highest BCUT2D eigenvalue weighted by atomic mass is 16.8. The summed E-state index contributed by atoms with van der Waals surface area (Å²) in [6, 6.07) is 64.9. The van der Waals surface area contributed by atoms with E-state index in [4.69, 9.17) is 79.3 Å². The van der Waals surface area contributed by atoms with Crippen LogP contribution in [0.25, 0.3) is 33.1 Å². The molecule has 5 saturated carbocycles. The topological polar surface area (TPSA) is 397 Å². The van der Waals surface area contributed by atoms with Gasteiger partial charge in [0.25, 0.3) is 5.97 Å². The average molecular weight is 1840 g/mol. The lowest BCUT2D eigenvalue weighted by molar-refractivity contribution is -0.179. The normalized spacial score (nSPS) is 20.7. The quantitative estimate of drug-likeness (QED) is 0.0392. The van der Waals surface area contributed by atoms with Gasteiger partial charge in [0.1, 0.15) is 18.1 Å². The predicted octanol–water partition coefficient (Wildman–Crippen LogP) is 21.2. The van der Waals surface area contributed by atoms with E-state index in [1.807, 2.05) is 111 Å². The number of Topliss-reactive ketones (excluding diaryl/α,β-unsaturated/α-hetero) is 1. The Hall–Kier alpha value is -11.6. The molecular formula is C108H133N13O14. The molecule has 5 aliphatic carbocycles. The number of carbonyl (C=O) groups is 3. The minimum Gasteiger partial charge on any atom is -0.481 e. The van der Waals surface area contributed by atoms with Crippen LogP contribution in [-0.2, 0) is 57.0 Å². The predicted molar refractivity (Wildman–Crippen MR) is 521 cm³/mol. The molecule has 4 spiro atoms. The number of hydrogen-bond acceptors (Lipinski definition) is 23. The molecular weight excluding hydrogens is 1700 g/mol. The smallest absolute Gasteiger partial charge is 0.300 e. The van der Waals surface area contributed by atoms with E-state index in [9.17, 15) is 14.9 Å². The number of H-pyrrole nitrogens is 3. The summed E-state index contributed by atoms with van der Waals surface area (Å²) in [5.74, 6) is 1.16. The van der Waals surface area contributed by atoms with E-state index in [1.54, 1.807) is 19.0 Å². The number of carboxylic acid groups (broad SMARTS) is 1. The monoisotopic (exact) mass is 1840 g/mol. The molecule has 11 aromatic rings.